The smallest absolute Gasteiger partial charge is 0.306 e. The van der Waals surface area contributed by atoms with E-state index in [9.17, 15) is 9.90 Å². The van der Waals surface area contributed by atoms with E-state index in [0.717, 1.165) is 5.56 Å². The van der Waals surface area contributed by atoms with Crippen molar-refractivity contribution < 1.29 is 19.4 Å². The lowest BCUT2D eigenvalue weighted by molar-refractivity contribution is -0.141. The van der Waals surface area contributed by atoms with Crippen LogP contribution in [0.3, 0.4) is 0 Å². The molecule has 2 aliphatic rings. The maximum Gasteiger partial charge on any atom is 0.306 e. The zero-order valence-electron chi connectivity index (χ0n) is 10.7. The van der Waals surface area contributed by atoms with Gasteiger partial charge < -0.3 is 14.6 Å². The molecule has 4 nitrogen and oxygen atoms in total. The Hall–Kier alpha value is -1.39. The third-order valence-electron chi connectivity index (χ3n) is 4.10. The summed E-state index contributed by atoms with van der Waals surface area (Å²) in [6.07, 6.45) is 0.448. The molecule has 0 aromatic heterocycles. The number of aliphatic hydroxyl groups excluding tert-OH is 1. The summed E-state index contributed by atoms with van der Waals surface area (Å²) in [4.78, 5) is 11.3. The first-order valence-electron chi connectivity index (χ1n) is 6.73. The lowest BCUT2D eigenvalue weighted by atomic mass is 9.93. The van der Waals surface area contributed by atoms with Crippen LogP contribution in [0.4, 0.5) is 0 Å². The van der Waals surface area contributed by atoms with Crippen LogP contribution in [0.15, 0.2) is 30.3 Å². The Balaban J connectivity index is 1.53. The Morgan fingerprint density at radius 2 is 2.11 bits per heavy atom. The fourth-order valence-corrected chi connectivity index (χ4v) is 3.10. The number of carbonyl (C=O) groups is 1. The van der Waals surface area contributed by atoms with Crippen LogP contribution in [-0.4, -0.2) is 29.9 Å². The molecule has 102 valence electrons. The lowest BCUT2D eigenvalue weighted by Crippen LogP contribution is -2.25. The van der Waals surface area contributed by atoms with Gasteiger partial charge in [0.1, 0.15) is 6.10 Å². The van der Waals surface area contributed by atoms with Crippen LogP contribution in [0.5, 0.6) is 0 Å². The maximum atomic E-state index is 11.3. The second kappa shape index (κ2) is 5.31. The summed E-state index contributed by atoms with van der Waals surface area (Å²) in [7, 11) is 0. The third-order valence-corrected chi connectivity index (χ3v) is 4.10. The molecule has 2 fully saturated rings. The number of ether oxygens (including phenoxy) is 2. The number of rotatable bonds is 4. The van der Waals surface area contributed by atoms with Crippen molar-refractivity contribution in [3.05, 3.63) is 35.9 Å². The van der Waals surface area contributed by atoms with Gasteiger partial charge in [-0.2, -0.15) is 0 Å². The van der Waals surface area contributed by atoms with Gasteiger partial charge in [0.25, 0.3) is 0 Å². The average Bonchev–Trinajstić information content (AvgIpc) is 2.88. The summed E-state index contributed by atoms with van der Waals surface area (Å²) in [5, 5.41) is 10.0. The molecule has 1 aliphatic heterocycles. The van der Waals surface area contributed by atoms with Gasteiger partial charge in [0.2, 0.25) is 0 Å². The molecule has 0 bridgehead atoms. The number of esters is 1. The van der Waals surface area contributed by atoms with E-state index < -0.39 is 6.10 Å². The highest BCUT2D eigenvalue weighted by molar-refractivity contribution is 5.72. The molecule has 1 saturated heterocycles. The highest BCUT2D eigenvalue weighted by Crippen LogP contribution is 2.41. The maximum absolute atomic E-state index is 11.3. The van der Waals surface area contributed by atoms with Gasteiger partial charge in [-0.1, -0.05) is 30.3 Å². The zero-order chi connectivity index (χ0) is 13.2. The number of aliphatic hydroxyl groups is 1. The van der Waals surface area contributed by atoms with E-state index in [0.29, 0.717) is 26.1 Å². The molecule has 19 heavy (non-hydrogen) atoms. The summed E-state index contributed by atoms with van der Waals surface area (Å²) in [5.41, 5.74) is 1.12. The summed E-state index contributed by atoms with van der Waals surface area (Å²) < 4.78 is 10.9. The first kappa shape index (κ1) is 12.6. The van der Waals surface area contributed by atoms with Crippen LogP contribution in [0.2, 0.25) is 0 Å². The monoisotopic (exact) mass is 262 g/mol. The van der Waals surface area contributed by atoms with E-state index in [1.165, 1.54) is 0 Å². The summed E-state index contributed by atoms with van der Waals surface area (Å²) in [5.74, 6) is -0.00612. The van der Waals surface area contributed by atoms with Crippen molar-refractivity contribution in [3.63, 3.8) is 0 Å². The molecule has 1 aromatic carbocycles. The first-order chi connectivity index (χ1) is 9.24. The molecule has 4 atom stereocenters. The van der Waals surface area contributed by atoms with Crippen molar-refractivity contribution in [2.24, 2.45) is 11.8 Å². The van der Waals surface area contributed by atoms with Crippen LogP contribution in [0, 0.1) is 11.8 Å². The topological polar surface area (TPSA) is 55.8 Å². The molecule has 1 N–H and O–H groups in total. The molecule has 3 rings (SSSR count). The minimum Gasteiger partial charge on any atom is -0.462 e. The number of carbonyl (C=O) groups excluding carboxylic acids is 1. The number of hydrogen-bond donors (Lipinski definition) is 1. The Morgan fingerprint density at radius 1 is 1.32 bits per heavy atom. The van der Waals surface area contributed by atoms with E-state index >= 15 is 0 Å². The quantitative estimate of drug-likeness (QED) is 0.836. The molecule has 4 heteroatoms. The number of benzene rings is 1. The highest BCUT2D eigenvalue weighted by Gasteiger charge is 2.49. The molecule has 1 heterocycles. The van der Waals surface area contributed by atoms with Crippen LogP contribution in [-0.2, 0) is 20.9 Å². The highest BCUT2D eigenvalue weighted by atomic mass is 16.6. The van der Waals surface area contributed by atoms with Crippen molar-refractivity contribution in [2.75, 3.05) is 6.61 Å². The van der Waals surface area contributed by atoms with Crippen molar-refractivity contribution in [1.29, 1.82) is 0 Å². The zero-order valence-corrected chi connectivity index (χ0v) is 10.7. The van der Waals surface area contributed by atoms with Crippen molar-refractivity contribution >= 4 is 5.97 Å². The first-order valence-corrected chi connectivity index (χ1v) is 6.73. The van der Waals surface area contributed by atoms with Crippen molar-refractivity contribution in [1.82, 2.24) is 0 Å². The fraction of sp³-hybridized carbons (Fsp3) is 0.533. The van der Waals surface area contributed by atoms with Gasteiger partial charge in [0.05, 0.1) is 25.7 Å². The van der Waals surface area contributed by atoms with Gasteiger partial charge in [0.15, 0.2) is 0 Å². The lowest BCUT2D eigenvalue weighted by Gasteiger charge is -2.19. The number of hydrogen-bond acceptors (Lipinski definition) is 4. The minimum absolute atomic E-state index is 0.0140. The van der Waals surface area contributed by atoms with Crippen LogP contribution < -0.4 is 0 Å². The fourth-order valence-electron chi connectivity index (χ4n) is 3.10. The van der Waals surface area contributed by atoms with E-state index in [1.54, 1.807) is 0 Å². The van der Waals surface area contributed by atoms with E-state index in [2.05, 4.69) is 0 Å². The Labute approximate surface area is 112 Å². The summed E-state index contributed by atoms with van der Waals surface area (Å²) >= 11 is 0. The molecule has 1 aromatic rings. The third kappa shape index (κ3) is 2.65. The SMILES string of the molecule is O=C1C[C@@H]2[C@@H](COCc3ccccc3)[C@H](O)C[C@@H]2O1. The Bertz CT molecular complexity index is 445. The van der Waals surface area contributed by atoms with Crippen LogP contribution in [0.1, 0.15) is 18.4 Å². The molecule has 1 aliphatic carbocycles. The molecule has 0 radical (unpaired) electrons. The van der Waals surface area contributed by atoms with Gasteiger partial charge >= 0.3 is 5.97 Å². The van der Waals surface area contributed by atoms with Gasteiger partial charge in [0, 0.05) is 18.3 Å². The molecular formula is C15H18O4. The molecule has 0 unspecified atom stereocenters. The van der Waals surface area contributed by atoms with Crippen LogP contribution in [0.25, 0.3) is 0 Å². The van der Waals surface area contributed by atoms with Gasteiger partial charge in [-0.15, -0.1) is 0 Å². The van der Waals surface area contributed by atoms with Gasteiger partial charge in [-0.05, 0) is 5.56 Å². The van der Waals surface area contributed by atoms with Crippen molar-refractivity contribution in [3.8, 4) is 0 Å². The standard InChI is InChI=1S/C15H18O4/c16-13-7-14-11(6-15(17)19-14)12(13)9-18-8-10-4-2-1-3-5-10/h1-5,11-14,16H,6-9H2/t11-,12-,13-,14+/m1/s1. The van der Waals surface area contributed by atoms with E-state index in [4.69, 9.17) is 9.47 Å². The van der Waals surface area contributed by atoms with E-state index in [1.807, 2.05) is 30.3 Å². The van der Waals surface area contributed by atoms with Crippen LogP contribution >= 0.6 is 0 Å². The molecular weight excluding hydrogens is 244 g/mol. The molecule has 0 spiro atoms. The largest absolute Gasteiger partial charge is 0.462 e. The van der Waals surface area contributed by atoms with Crippen molar-refractivity contribution in [2.45, 2.75) is 31.7 Å². The Morgan fingerprint density at radius 3 is 2.89 bits per heavy atom. The summed E-state index contributed by atoms with van der Waals surface area (Å²) in [6, 6.07) is 9.94. The molecule has 1 saturated carbocycles. The predicted octanol–water partition coefficient (Wildman–Crippen LogP) is 1.52. The second-order valence-electron chi connectivity index (χ2n) is 5.36. The minimum atomic E-state index is -0.418. The average molecular weight is 262 g/mol. The van der Waals surface area contributed by atoms with E-state index in [-0.39, 0.29) is 23.9 Å². The second-order valence-corrected chi connectivity index (χ2v) is 5.36. The predicted molar refractivity (Wildman–Crippen MR) is 68.2 cm³/mol. The molecule has 0 amide bonds. The summed E-state index contributed by atoms with van der Waals surface area (Å²) in [6.45, 7) is 1.02. The normalized spacial score (nSPS) is 33.2. The number of fused-ring (bicyclic) bond motifs is 1. The Kier molecular flexibility index (Phi) is 3.53. The van der Waals surface area contributed by atoms with Gasteiger partial charge in [-0.25, -0.2) is 0 Å². The van der Waals surface area contributed by atoms with Gasteiger partial charge in [-0.3, -0.25) is 4.79 Å².